The van der Waals surface area contributed by atoms with E-state index in [1.165, 1.54) is 13.0 Å². The van der Waals surface area contributed by atoms with E-state index in [0.29, 0.717) is 4.05 Å². The fraction of sp³-hybridized carbons (Fsp3) is 0.667. The third-order valence-corrected chi connectivity index (χ3v) is 2.02. The minimum Gasteiger partial charge on any atom is -0.366 e. The normalized spacial score (nSPS) is 22.0. The molecule has 0 bridgehead atoms. The van der Waals surface area contributed by atoms with Crippen molar-refractivity contribution in [3.05, 3.63) is 12.3 Å². The Labute approximate surface area is 63.9 Å². The van der Waals surface area contributed by atoms with Crippen molar-refractivity contribution in [3.8, 4) is 0 Å². The average Bonchev–Trinajstić information content (AvgIpc) is 2.12. The van der Waals surface area contributed by atoms with E-state index in [2.05, 4.69) is 46.7 Å². The lowest BCUT2D eigenvalue weighted by atomic mass is 10.5. The van der Waals surface area contributed by atoms with Crippen LogP contribution in [0.15, 0.2) is 12.3 Å². The van der Waals surface area contributed by atoms with Crippen LogP contribution in [-0.2, 0) is 0 Å². The maximum atomic E-state index is 2.42. The highest BCUT2D eigenvalue weighted by Crippen LogP contribution is 2.12. The second kappa shape index (κ2) is 2.71. The molecule has 1 atom stereocenters. The molecule has 1 nitrogen and oxygen atoms in total. The molecule has 8 heavy (non-hydrogen) atoms. The molecule has 1 rings (SSSR count). The molecule has 0 saturated heterocycles. The van der Waals surface area contributed by atoms with Gasteiger partial charge < -0.3 is 4.90 Å². The molecule has 1 heterocycles. The maximum Gasteiger partial charge on any atom is 0.0775 e. The van der Waals surface area contributed by atoms with Crippen molar-refractivity contribution in [2.75, 3.05) is 6.54 Å². The van der Waals surface area contributed by atoms with Crippen LogP contribution < -0.4 is 0 Å². The summed E-state index contributed by atoms with van der Waals surface area (Å²) in [5.41, 5.74) is 0. The Morgan fingerprint density at radius 1 is 1.75 bits per heavy atom. The van der Waals surface area contributed by atoms with Crippen molar-refractivity contribution < 1.29 is 0 Å². The van der Waals surface area contributed by atoms with Gasteiger partial charge in [0.2, 0.25) is 0 Å². The van der Waals surface area contributed by atoms with Gasteiger partial charge in [-0.15, -0.1) is 0 Å². The summed E-state index contributed by atoms with van der Waals surface area (Å²) in [6.07, 6.45) is 5.62. The van der Waals surface area contributed by atoms with Gasteiger partial charge in [-0.25, -0.2) is 0 Å². The molecule has 1 aliphatic heterocycles. The van der Waals surface area contributed by atoms with Crippen molar-refractivity contribution in [1.29, 1.82) is 0 Å². The van der Waals surface area contributed by atoms with Crippen LogP contribution in [0.4, 0.5) is 0 Å². The number of hydrogen-bond acceptors (Lipinski definition) is 1. The molecule has 0 aliphatic carbocycles. The summed E-state index contributed by atoms with van der Waals surface area (Å²) in [6.45, 7) is 3.42. The summed E-state index contributed by atoms with van der Waals surface area (Å²) in [7, 11) is 0. The molecule has 1 unspecified atom stereocenters. The van der Waals surface area contributed by atoms with Gasteiger partial charge in [0.1, 0.15) is 0 Å². The highest BCUT2D eigenvalue weighted by atomic mass is 127. The molecule has 2 heteroatoms. The van der Waals surface area contributed by atoms with Gasteiger partial charge in [0.15, 0.2) is 0 Å². The summed E-state index contributed by atoms with van der Waals surface area (Å²) in [6, 6.07) is 0. The molecule has 0 aromatic heterocycles. The van der Waals surface area contributed by atoms with Gasteiger partial charge in [-0.1, -0.05) is 28.7 Å². The quantitative estimate of drug-likeness (QED) is 0.373. The van der Waals surface area contributed by atoms with Crippen LogP contribution in [0.2, 0.25) is 0 Å². The Hall–Kier alpha value is 0.270. The van der Waals surface area contributed by atoms with Gasteiger partial charge in [0.05, 0.1) is 4.05 Å². The smallest absolute Gasteiger partial charge is 0.0775 e. The lowest BCUT2D eigenvalue weighted by Crippen LogP contribution is -2.19. The molecular weight excluding hydrogens is 213 g/mol. The van der Waals surface area contributed by atoms with E-state index in [9.17, 15) is 0 Å². The number of rotatable bonds is 1. The number of nitrogens with zero attached hydrogens (tertiary/aromatic N) is 1. The third kappa shape index (κ3) is 1.37. The standard InChI is InChI=1S/C6H10IN/c1-6(7)8-4-2-3-5-8/h2,4,6H,3,5H2,1H3. The molecule has 0 amide bonds. The number of hydrogen-bond donors (Lipinski definition) is 0. The first-order valence-corrected chi connectivity index (χ1v) is 4.12. The second-order valence-corrected chi connectivity index (χ2v) is 3.79. The van der Waals surface area contributed by atoms with Crippen molar-refractivity contribution >= 4 is 22.6 Å². The van der Waals surface area contributed by atoms with Gasteiger partial charge in [-0.3, -0.25) is 0 Å². The molecule has 0 spiro atoms. The van der Waals surface area contributed by atoms with E-state index in [-0.39, 0.29) is 0 Å². The summed E-state index contributed by atoms with van der Waals surface area (Å²) < 4.78 is 0.659. The zero-order valence-electron chi connectivity index (χ0n) is 4.97. The predicted molar refractivity (Wildman–Crippen MR) is 43.9 cm³/mol. The monoisotopic (exact) mass is 223 g/mol. The maximum absolute atomic E-state index is 2.42. The van der Waals surface area contributed by atoms with Gasteiger partial charge in [0.25, 0.3) is 0 Å². The van der Waals surface area contributed by atoms with Crippen molar-refractivity contribution in [3.63, 3.8) is 0 Å². The molecule has 0 radical (unpaired) electrons. The topological polar surface area (TPSA) is 3.24 Å². The van der Waals surface area contributed by atoms with Gasteiger partial charge in [-0.05, 0) is 19.5 Å². The third-order valence-electron chi connectivity index (χ3n) is 1.31. The van der Waals surface area contributed by atoms with E-state index in [0.717, 1.165) is 0 Å². The fourth-order valence-electron chi connectivity index (χ4n) is 0.805. The lowest BCUT2D eigenvalue weighted by Gasteiger charge is -2.17. The molecule has 0 aromatic carbocycles. The number of alkyl halides is 1. The molecule has 0 N–H and O–H groups in total. The van der Waals surface area contributed by atoms with Gasteiger partial charge in [-0.2, -0.15) is 0 Å². The summed E-state index contributed by atoms with van der Waals surface area (Å²) in [4.78, 5) is 2.33. The molecular formula is C6H10IN. The van der Waals surface area contributed by atoms with Crippen LogP contribution in [0.25, 0.3) is 0 Å². The Kier molecular flexibility index (Phi) is 2.16. The van der Waals surface area contributed by atoms with Gasteiger partial charge in [0, 0.05) is 6.54 Å². The summed E-state index contributed by atoms with van der Waals surface area (Å²) in [5, 5.41) is 0. The molecule has 0 aromatic rings. The van der Waals surface area contributed by atoms with E-state index in [1.54, 1.807) is 0 Å². The van der Waals surface area contributed by atoms with Crippen LogP contribution in [-0.4, -0.2) is 15.5 Å². The zero-order chi connectivity index (χ0) is 5.98. The number of halogens is 1. The van der Waals surface area contributed by atoms with E-state index >= 15 is 0 Å². The molecule has 1 aliphatic rings. The minimum atomic E-state index is 0.659. The van der Waals surface area contributed by atoms with Crippen LogP contribution in [0, 0.1) is 0 Å². The summed E-state index contributed by atoms with van der Waals surface area (Å²) in [5.74, 6) is 0. The Balaban J connectivity index is 2.36. The SMILES string of the molecule is CC(I)N1C=CCC1. The van der Waals surface area contributed by atoms with E-state index < -0.39 is 0 Å². The Morgan fingerprint density at radius 3 is 2.75 bits per heavy atom. The Bertz CT molecular complexity index is 98.7. The zero-order valence-corrected chi connectivity index (χ0v) is 7.13. The Morgan fingerprint density at radius 2 is 2.50 bits per heavy atom. The van der Waals surface area contributed by atoms with Crippen molar-refractivity contribution in [1.82, 2.24) is 4.90 Å². The lowest BCUT2D eigenvalue weighted by molar-refractivity contribution is 0.414. The fourth-order valence-corrected chi connectivity index (χ4v) is 1.27. The van der Waals surface area contributed by atoms with Crippen LogP contribution in [0.3, 0.4) is 0 Å². The van der Waals surface area contributed by atoms with Crippen LogP contribution in [0.5, 0.6) is 0 Å². The largest absolute Gasteiger partial charge is 0.366 e. The van der Waals surface area contributed by atoms with Crippen molar-refractivity contribution in [2.45, 2.75) is 17.4 Å². The van der Waals surface area contributed by atoms with Crippen LogP contribution in [0.1, 0.15) is 13.3 Å². The first kappa shape index (κ1) is 6.39. The molecule has 46 valence electrons. The first-order valence-electron chi connectivity index (χ1n) is 2.87. The van der Waals surface area contributed by atoms with Gasteiger partial charge >= 0.3 is 0 Å². The average molecular weight is 223 g/mol. The first-order chi connectivity index (χ1) is 3.80. The predicted octanol–water partition coefficient (Wildman–Crippen LogP) is 1.99. The molecule has 0 saturated carbocycles. The minimum absolute atomic E-state index is 0.659. The highest BCUT2D eigenvalue weighted by molar-refractivity contribution is 14.1. The molecule has 0 fully saturated rings. The van der Waals surface area contributed by atoms with Crippen LogP contribution >= 0.6 is 22.6 Å². The highest BCUT2D eigenvalue weighted by Gasteiger charge is 2.07. The summed E-state index contributed by atoms with van der Waals surface area (Å²) >= 11 is 2.42. The second-order valence-electron chi connectivity index (χ2n) is 1.99. The van der Waals surface area contributed by atoms with E-state index in [1.807, 2.05) is 0 Å². The van der Waals surface area contributed by atoms with E-state index in [4.69, 9.17) is 0 Å². The van der Waals surface area contributed by atoms with Crippen molar-refractivity contribution in [2.24, 2.45) is 0 Å².